The number of aryl methyl sites for hydroxylation is 2. The van der Waals surface area contributed by atoms with Gasteiger partial charge in [-0.25, -0.2) is 0 Å². The number of tetrazole rings is 1. The lowest BCUT2D eigenvalue weighted by atomic mass is 10.1. The highest BCUT2D eigenvalue weighted by Gasteiger charge is 2.08. The van der Waals surface area contributed by atoms with Crippen LogP contribution in [0, 0.1) is 13.8 Å². The summed E-state index contributed by atoms with van der Waals surface area (Å²) in [5.74, 6) is 0.601. The van der Waals surface area contributed by atoms with E-state index in [0.29, 0.717) is 17.9 Å². The van der Waals surface area contributed by atoms with Crippen LogP contribution < -0.4 is 5.32 Å². The van der Waals surface area contributed by atoms with E-state index < -0.39 is 0 Å². The van der Waals surface area contributed by atoms with Crippen molar-refractivity contribution >= 4 is 16.8 Å². The molecule has 2 aromatic carbocycles. The average molecular weight is 360 g/mol. The van der Waals surface area contributed by atoms with E-state index in [1.807, 2.05) is 19.1 Å². The van der Waals surface area contributed by atoms with E-state index >= 15 is 0 Å². The molecule has 0 saturated heterocycles. The molecule has 2 heterocycles. The summed E-state index contributed by atoms with van der Waals surface area (Å²) in [6.07, 6.45) is 2.06. The van der Waals surface area contributed by atoms with E-state index in [0.717, 1.165) is 12.2 Å². The van der Waals surface area contributed by atoms with Crippen LogP contribution in [0.15, 0.2) is 54.7 Å². The highest BCUT2D eigenvalue weighted by atomic mass is 16.1. The lowest BCUT2D eigenvalue weighted by molar-refractivity contribution is 0.0952. The second-order valence-corrected chi connectivity index (χ2v) is 6.46. The van der Waals surface area contributed by atoms with Gasteiger partial charge in [0.15, 0.2) is 5.82 Å². The maximum absolute atomic E-state index is 12.4. The summed E-state index contributed by atoms with van der Waals surface area (Å²) in [4.78, 5) is 12.4. The fourth-order valence-electron chi connectivity index (χ4n) is 3.19. The van der Waals surface area contributed by atoms with Crippen molar-refractivity contribution in [1.82, 2.24) is 30.1 Å². The Labute approximate surface area is 156 Å². The monoisotopic (exact) mass is 360 g/mol. The van der Waals surface area contributed by atoms with Gasteiger partial charge in [-0.15, -0.1) is 5.10 Å². The van der Waals surface area contributed by atoms with Crippen molar-refractivity contribution in [2.45, 2.75) is 20.4 Å². The number of carbonyl (C=O) groups excluding carboxylic acids is 1. The number of aromatic nitrogens is 5. The number of fused-ring (bicyclic) bond motifs is 1. The molecule has 27 heavy (non-hydrogen) atoms. The highest BCUT2D eigenvalue weighted by molar-refractivity contribution is 5.94. The molecule has 0 atom stereocenters. The van der Waals surface area contributed by atoms with Crippen LogP contribution in [0.2, 0.25) is 0 Å². The molecule has 1 amide bonds. The predicted octanol–water partition coefficient (Wildman–Crippen LogP) is 2.66. The first-order chi connectivity index (χ1) is 13.1. The van der Waals surface area contributed by atoms with Crippen LogP contribution in [0.1, 0.15) is 21.7 Å². The minimum absolute atomic E-state index is 0.0948. The maximum Gasteiger partial charge on any atom is 0.251 e. The van der Waals surface area contributed by atoms with Crippen LogP contribution in [-0.4, -0.2) is 37.2 Å². The number of hydrogen-bond acceptors (Lipinski definition) is 4. The number of nitrogens with one attached hydrogen (secondary N) is 1. The van der Waals surface area contributed by atoms with Crippen LogP contribution in [0.3, 0.4) is 0 Å². The van der Waals surface area contributed by atoms with Gasteiger partial charge in [0.2, 0.25) is 0 Å². The molecule has 0 spiro atoms. The molecular formula is C20H20N6O. The Balaban J connectivity index is 1.39. The van der Waals surface area contributed by atoms with Gasteiger partial charge in [-0.1, -0.05) is 12.1 Å². The van der Waals surface area contributed by atoms with Gasteiger partial charge in [-0.2, -0.15) is 4.68 Å². The molecule has 136 valence electrons. The molecular weight excluding hydrogens is 340 g/mol. The van der Waals surface area contributed by atoms with Crippen LogP contribution >= 0.6 is 0 Å². The number of hydrogen-bond donors (Lipinski definition) is 1. The van der Waals surface area contributed by atoms with E-state index in [1.54, 1.807) is 16.8 Å². The van der Waals surface area contributed by atoms with Crippen molar-refractivity contribution in [3.8, 4) is 5.69 Å². The predicted molar refractivity (Wildman–Crippen MR) is 103 cm³/mol. The molecule has 0 aliphatic heterocycles. The van der Waals surface area contributed by atoms with Crippen molar-refractivity contribution < 1.29 is 4.79 Å². The van der Waals surface area contributed by atoms with Crippen molar-refractivity contribution in [3.05, 3.63) is 71.7 Å². The topological polar surface area (TPSA) is 77.6 Å². The Morgan fingerprint density at radius 1 is 1.07 bits per heavy atom. The Hall–Kier alpha value is -3.48. The fraction of sp³-hybridized carbons (Fsp3) is 0.200. The first kappa shape index (κ1) is 17.0. The quantitative estimate of drug-likeness (QED) is 0.593. The molecule has 4 aromatic rings. The smallest absolute Gasteiger partial charge is 0.251 e. The van der Waals surface area contributed by atoms with Gasteiger partial charge in [-0.3, -0.25) is 4.79 Å². The number of rotatable bonds is 5. The zero-order chi connectivity index (χ0) is 18.8. The number of carbonyl (C=O) groups is 1. The molecule has 1 N–H and O–H groups in total. The van der Waals surface area contributed by atoms with Crippen molar-refractivity contribution in [2.24, 2.45) is 0 Å². The van der Waals surface area contributed by atoms with Gasteiger partial charge >= 0.3 is 0 Å². The molecule has 0 aliphatic rings. The SMILES string of the molecule is Cc1cccc2c1ccn2CCNC(=O)c1ccc(-n2nnnc2C)cc1. The van der Waals surface area contributed by atoms with E-state index in [-0.39, 0.29) is 5.91 Å². The largest absolute Gasteiger partial charge is 0.350 e. The fourth-order valence-corrected chi connectivity index (χ4v) is 3.19. The molecule has 0 aliphatic carbocycles. The number of nitrogens with zero attached hydrogens (tertiary/aromatic N) is 5. The third-order valence-electron chi connectivity index (χ3n) is 4.67. The molecule has 7 nitrogen and oxygen atoms in total. The van der Waals surface area contributed by atoms with Crippen LogP contribution in [0.4, 0.5) is 0 Å². The standard InChI is InChI=1S/C20H20N6O/c1-14-4-3-5-19-18(14)10-12-25(19)13-11-21-20(27)16-6-8-17(9-7-16)26-15(2)22-23-24-26/h3-10,12H,11,13H2,1-2H3,(H,21,27). The van der Waals surface area contributed by atoms with Crippen LogP contribution in [0.25, 0.3) is 16.6 Å². The first-order valence-corrected chi connectivity index (χ1v) is 8.81. The molecule has 7 heteroatoms. The molecule has 0 bridgehead atoms. The second-order valence-electron chi connectivity index (χ2n) is 6.46. The van der Waals surface area contributed by atoms with Crippen molar-refractivity contribution in [3.63, 3.8) is 0 Å². The van der Waals surface area contributed by atoms with Gasteiger partial charge in [0.25, 0.3) is 5.91 Å². The Morgan fingerprint density at radius 2 is 1.89 bits per heavy atom. The average Bonchev–Trinajstić information content (AvgIpc) is 3.29. The summed E-state index contributed by atoms with van der Waals surface area (Å²) < 4.78 is 3.78. The maximum atomic E-state index is 12.4. The Kier molecular flexibility index (Phi) is 4.42. The third kappa shape index (κ3) is 3.31. The zero-order valence-corrected chi connectivity index (χ0v) is 15.3. The summed E-state index contributed by atoms with van der Waals surface area (Å²) in [7, 11) is 0. The van der Waals surface area contributed by atoms with Gasteiger partial charge in [0, 0.05) is 35.8 Å². The Morgan fingerprint density at radius 3 is 2.63 bits per heavy atom. The van der Waals surface area contributed by atoms with Crippen molar-refractivity contribution in [2.75, 3.05) is 6.54 Å². The minimum atomic E-state index is -0.0948. The zero-order valence-electron chi connectivity index (χ0n) is 15.3. The van der Waals surface area contributed by atoms with E-state index in [1.165, 1.54) is 16.5 Å². The van der Waals surface area contributed by atoms with Gasteiger partial charge in [0.05, 0.1) is 5.69 Å². The van der Waals surface area contributed by atoms with Gasteiger partial charge in [0.1, 0.15) is 0 Å². The number of amides is 1. The van der Waals surface area contributed by atoms with E-state index in [9.17, 15) is 4.79 Å². The lowest BCUT2D eigenvalue weighted by Gasteiger charge is -2.09. The summed E-state index contributed by atoms with van der Waals surface area (Å²) in [5.41, 5.74) is 3.87. The summed E-state index contributed by atoms with van der Waals surface area (Å²) in [5, 5.41) is 15.6. The third-order valence-corrected chi connectivity index (χ3v) is 4.67. The van der Waals surface area contributed by atoms with Crippen LogP contribution in [0.5, 0.6) is 0 Å². The van der Waals surface area contributed by atoms with Gasteiger partial charge < -0.3 is 9.88 Å². The highest BCUT2D eigenvalue weighted by Crippen LogP contribution is 2.19. The molecule has 0 saturated carbocycles. The Bertz CT molecular complexity index is 1090. The first-order valence-electron chi connectivity index (χ1n) is 8.81. The molecule has 0 fully saturated rings. The normalized spacial score (nSPS) is 11.0. The van der Waals surface area contributed by atoms with Gasteiger partial charge in [-0.05, 0) is 66.2 Å². The summed E-state index contributed by atoms with van der Waals surface area (Å²) in [6.45, 7) is 5.22. The molecule has 2 aromatic heterocycles. The molecule has 0 radical (unpaired) electrons. The summed E-state index contributed by atoms with van der Waals surface area (Å²) in [6, 6.07) is 15.6. The molecule has 4 rings (SSSR count). The number of benzene rings is 2. The van der Waals surface area contributed by atoms with Crippen LogP contribution in [-0.2, 0) is 6.54 Å². The summed E-state index contributed by atoms with van der Waals surface area (Å²) >= 11 is 0. The second kappa shape index (κ2) is 7.03. The van der Waals surface area contributed by atoms with E-state index in [4.69, 9.17) is 0 Å². The molecule has 0 unspecified atom stereocenters. The minimum Gasteiger partial charge on any atom is -0.350 e. The van der Waals surface area contributed by atoms with E-state index in [2.05, 4.69) is 62.8 Å². The lowest BCUT2D eigenvalue weighted by Crippen LogP contribution is -2.27. The van der Waals surface area contributed by atoms with Crippen molar-refractivity contribution in [1.29, 1.82) is 0 Å².